The molecule has 6 nitrogen and oxygen atoms in total. The van der Waals surface area contributed by atoms with Crippen LogP contribution in [0.5, 0.6) is 0 Å². The minimum Gasteiger partial charge on any atom is -0.374 e. The summed E-state index contributed by atoms with van der Waals surface area (Å²) in [6.07, 6.45) is 4.07. The van der Waals surface area contributed by atoms with Gasteiger partial charge in [-0.2, -0.15) is 5.10 Å². The summed E-state index contributed by atoms with van der Waals surface area (Å²) in [7, 11) is 0. The number of nitrogens with zero attached hydrogens (tertiary/aromatic N) is 4. The van der Waals surface area contributed by atoms with Crippen molar-refractivity contribution in [1.29, 1.82) is 0 Å². The number of nitrogens with one attached hydrogen (secondary N) is 1. The molecule has 0 aromatic carbocycles. The molecule has 1 saturated heterocycles. The molecule has 0 aliphatic carbocycles. The van der Waals surface area contributed by atoms with Crippen molar-refractivity contribution < 1.29 is 4.74 Å². The molecule has 3 heterocycles. The third-order valence-electron chi connectivity index (χ3n) is 3.75. The molecule has 124 valence electrons. The van der Waals surface area contributed by atoms with Crippen molar-refractivity contribution >= 4 is 17.2 Å². The van der Waals surface area contributed by atoms with Crippen molar-refractivity contribution in [3.05, 3.63) is 34.4 Å². The number of ether oxygens (including phenoxy) is 1. The highest BCUT2D eigenvalue weighted by Crippen LogP contribution is 2.15. The van der Waals surface area contributed by atoms with Crippen LogP contribution in [-0.4, -0.2) is 52.4 Å². The Morgan fingerprint density at radius 1 is 1.48 bits per heavy atom. The molecular weight excluding hydrogens is 310 g/mol. The molecule has 1 fully saturated rings. The zero-order valence-electron chi connectivity index (χ0n) is 13.4. The van der Waals surface area contributed by atoms with E-state index in [1.165, 1.54) is 10.7 Å². The molecule has 0 unspecified atom stereocenters. The number of morpholine rings is 1. The van der Waals surface area contributed by atoms with Gasteiger partial charge in [-0.15, -0.1) is 16.4 Å². The number of hydrogen-bond donors (Lipinski definition) is 1. The Balaban J connectivity index is 1.47. The highest BCUT2D eigenvalue weighted by Gasteiger charge is 2.21. The summed E-state index contributed by atoms with van der Waals surface area (Å²) in [5.74, 6) is 0.789. The molecule has 0 bridgehead atoms. The van der Waals surface area contributed by atoms with E-state index in [2.05, 4.69) is 32.7 Å². The zero-order chi connectivity index (χ0) is 15.9. The van der Waals surface area contributed by atoms with Gasteiger partial charge < -0.3 is 10.1 Å². The number of rotatable bonds is 7. The topological polar surface area (TPSA) is 63.2 Å². The molecule has 2 aromatic heterocycles. The molecule has 2 aromatic rings. The minimum absolute atomic E-state index is 0.166. The Labute approximate surface area is 140 Å². The number of aryl methyl sites for hydroxylation is 1. The predicted molar refractivity (Wildman–Crippen MR) is 91.6 cm³/mol. The van der Waals surface area contributed by atoms with Crippen molar-refractivity contribution in [2.75, 3.05) is 31.6 Å². The quantitative estimate of drug-likeness (QED) is 0.838. The van der Waals surface area contributed by atoms with Crippen LogP contribution in [0.2, 0.25) is 0 Å². The van der Waals surface area contributed by atoms with Crippen LogP contribution in [0.25, 0.3) is 0 Å². The Morgan fingerprint density at radius 3 is 3.26 bits per heavy atom. The van der Waals surface area contributed by atoms with Gasteiger partial charge in [0.2, 0.25) is 0 Å². The van der Waals surface area contributed by atoms with Gasteiger partial charge in [0.05, 0.1) is 23.4 Å². The first-order valence-corrected chi connectivity index (χ1v) is 9.00. The van der Waals surface area contributed by atoms with E-state index >= 15 is 0 Å². The lowest BCUT2D eigenvalue weighted by molar-refractivity contribution is -0.0244. The largest absolute Gasteiger partial charge is 0.374 e. The summed E-state index contributed by atoms with van der Waals surface area (Å²) < 4.78 is 5.84. The SMILES string of the molecule is CCCc1nc(CN2CCO[C@H](CNc3cccnn3)C2)cs1. The maximum absolute atomic E-state index is 5.84. The lowest BCUT2D eigenvalue weighted by atomic mass is 10.2. The zero-order valence-corrected chi connectivity index (χ0v) is 14.3. The van der Waals surface area contributed by atoms with E-state index in [-0.39, 0.29) is 6.10 Å². The predicted octanol–water partition coefficient (Wildman–Crippen LogP) is 2.20. The molecule has 0 amide bonds. The Hall–Kier alpha value is -1.57. The van der Waals surface area contributed by atoms with Crippen LogP contribution in [0.1, 0.15) is 24.0 Å². The van der Waals surface area contributed by atoms with Gasteiger partial charge in [-0.3, -0.25) is 4.90 Å². The molecule has 1 aliphatic heterocycles. The van der Waals surface area contributed by atoms with Crippen molar-refractivity contribution in [2.45, 2.75) is 32.4 Å². The van der Waals surface area contributed by atoms with Crippen LogP contribution in [-0.2, 0) is 17.7 Å². The van der Waals surface area contributed by atoms with Crippen molar-refractivity contribution in [3.8, 4) is 0 Å². The second kappa shape index (κ2) is 8.33. The van der Waals surface area contributed by atoms with Gasteiger partial charge in [0.15, 0.2) is 0 Å². The summed E-state index contributed by atoms with van der Waals surface area (Å²) in [5.41, 5.74) is 1.18. The average molecular weight is 333 g/mol. The Kier molecular flexibility index (Phi) is 5.90. The maximum Gasteiger partial charge on any atom is 0.148 e. The lowest BCUT2D eigenvalue weighted by Crippen LogP contribution is -2.44. The molecule has 7 heteroatoms. The monoisotopic (exact) mass is 333 g/mol. The van der Waals surface area contributed by atoms with Gasteiger partial charge >= 0.3 is 0 Å². The third kappa shape index (κ3) is 4.95. The van der Waals surface area contributed by atoms with Crippen molar-refractivity contribution in [1.82, 2.24) is 20.1 Å². The summed E-state index contributed by atoms with van der Waals surface area (Å²) in [6.45, 7) is 6.48. The van der Waals surface area contributed by atoms with E-state index in [9.17, 15) is 0 Å². The van der Waals surface area contributed by atoms with Gasteiger partial charge in [0.1, 0.15) is 5.82 Å². The second-order valence-electron chi connectivity index (χ2n) is 5.70. The van der Waals surface area contributed by atoms with Gasteiger partial charge in [0, 0.05) is 37.8 Å². The van der Waals surface area contributed by atoms with Gasteiger partial charge in [0.25, 0.3) is 0 Å². The van der Waals surface area contributed by atoms with E-state index in [1.54, 1.807) is 17.5 Å². The minimum atomic E-state index is 0.166. The Morgan fingerprint density at radius 2 is 2.43 bits per heavy atom. The van der Waals surface area contributed by atoms with Crippen LogP contribution in [0.3, 0.4) is 0 Å². The van der Waals surface area contributed by atoms with E-state index in [0.29, 0.717) is 0 Å². The smallest absolute Gasteiger partial charge is 0.148 e. The number of hydrogen-bond acceptors (Lipinski definition) is 7. The van der Waals surface area contributed by atoms with Crippen LogP contribution < -0.4 is 5.32 Å². The Bertz CT molecular complexity index is 591. The fraction of sp³-hybridized carbons (Fsp3) is 0.562. The number of aromatic nitrogens is 3. The van der Waals surface area contributed by atoms with Crippen molar-refractivity contribution in [2.24, 2.45) is 0 Å². The van der Waals surface area contributed by atoms with E-state index in [4.69, 9.17) is 9.72 Å². The fourth-order valence-electron chi connectivity index (χ4n) is 2.64. The summed E-state index contributed by atoms with van der Waals surface area (Å²) >= 11 is 1.77. The number of anilines is 1. The molecule has 23 heavy (non-hydrogen) atoms. The molecule has 0 spiro atoms. The van der Waals surface area contributed by atoms with Crippen LogP contribution >= 0.6 is 11.3 Å². The first-order valence-electron chi connectivity index (χ1n) is 8.12. The van der Waals surface area contributed by atoms with Crippen LogP contribution in [0, 0.1) is 0 Å². The summed E-state index contributed by atoms with van der Waals surface area (Å²) in [6, 6.07) is 3.79. The van der Waals surface area contributed by atoms with Crippen LogP contribution in [0.4, 0.5) is 5.82 Å². The molecule has 1 N–H and O–H groups in total. The van der Waals surface area contributed by atoms with Gasteiger partial charge in [-0.25, -0.2) is 4.98 Å². The molecule has 3 rings (SSSR count). The normalized spacial score (nSPS) is 18.9. The van der Waals surface area contributed by atoms with Gasteiger partial charge in [-0.1, -0.05) is 6.92 Å². The summed E-state index contributed by atoms with van der Waals surface area (Å²) in [4.78, 5) is 7.13. The number of thiazole rings is 1. The van der Waals surface area contributed by atoms with Crippen LogP contribution in [0.15, 0.2) is 23.7 Å². The van der Waals surface area contributed by atoms with Crippen molar-refractivity contribution in [3.63, 3.8) is 0 Å². The first-order chi connectivity index (χ1) is 11.3. The molecular formula is C16H23N5OS. The molecule has 1 atom stereocenters. The fourth-order valence-corrected chi connectivity index (χ4v) is 3.53. The molecule has 1 aliphatic rings. The standard InChI is InChI=1S/C16H23N5OS/c1-2-4-16-19-13(12-23-16)10-21-7-8-22-14(11-21)9-17-15-5-3-6-18-20-15/h3,5-6,12,14H,2,4,7-11H2,1H3,(H,17,20)/t14-/m1/s1. The maximum atomic E-state index is 5.84. The van der Waals surface area contributed by atoms with Gasteiger partial charge in [-0.05, 0) is 25.0 Å². The molecule has 0 saturated carbocycles. The average Bonchev–Trinajstić information content (AvgIpc) is 3.02. The second-order valence-corrected chi connectivity index (χ2v) is 6.64. The van der Waals surface area contributed by atoms with E-state index in [0.717, 1.165) is 51.4 Å². The lowest BCUT2D eigenvalue weighted by Gasteiger charge is -2.32. The van der Waals surface area contributed by atoms with E-state index < -0.39 is 0 Å². The van der Waals surface area contributed by atoms with E-state index in [1.807, 2.05) is 12.1 Å². The highest BCUT2D eigenvalue weighted by molar-refractivity contribution is 7.09. The third-order valence-corrected chi connectivity index (χ3v) is 4.71. The highest BCUT2D eigenvalue weighted by atomic mass is 32.1. The first kappa shape index (κ1) is 16.3. The summed E-state index contributed by atoms with van der Waals surface area (Å²) in [5, 5.41) is 14.6. The molecule has 0 radical (unpaired) electrons.